The van der Waals surface area contributed by atoms with Gasteiger partial charge in [-0.05, 0) is 98.5 Å². The molecule has 1 aliphatic heterocycles. The Hall–Kier alpha value is -5.62. The molecule has 5 heterocycles. The van der Waals surface area contributed by atoms with E-state index < -0.39 is 0 Å². The van der Waals surface area contributed by atoms with Gasteiger partial charge in [0, 0.05) is 52.2 Å². The molecule has 0 fully saturated rings. The quantitative estimate of drug-likeness (QED) is 0.179. The van der Waals surface area contributed by atoms with Gasteiger partial charge < -0.3 is 4.90 Å². The molecular weight excluding hydrogens is 564 g/mol. The Bertz CT molecular complexity index is 2190. The van der Waals surface area contributed by atoms with Crippen LogP contribution in [0.2, 0.25) is 0 Å². The zero-order chi connectivity index (χ0) is 31.0. The van der Waals surface area contributed by atoms with Gasteiger partial charge in [0.1, 0.15) is 17.6 Å². The molecule has 0 N–H and O–H groups in total. The summed E-state index contributed by atoms with van der Waals surface area (Å²) in [7, 11) is 0. The molecule has 2 unspecified atom stereocenters. The Morgan fingerprint density at radius 3 is 2.50 bits per heavy atom. The first-order valence-electron chi connectivity index (χ1n) is 15.9. The van der Waals surface area contributed by atoms with Gasteiger partial charge in [0.2, 0.25) is 0 Å². The lowest BCUT2D eigenvalue weighted by Gasteiger charge is -2.37. The zero-order valence-corrected chi connectivity index (χ0v) is 26.0. The van der Waals surface area contributed by atoms with Crippen molar-refractivity contribution in [1.82, 2.24) is 19.5 Å². The van der Waals surface area contributed by atoms with Gasteiger partial charge in [-0.1, -0.05) is 54.6 Å². The van der Waals surface area contributed by atoms with Crippen LogP contribution in [-0.2, 0) is 0 Å². The number of rotatable bonds is 6. The van der Waals surface area contributed by atoms with Gasteiger partial charge in [0.25, 0.3) is 0 Å². The van der Waals surface area contributed by atoms with Crippen LogP contribution in [0.4, 0.5) is 5.69 Å². The third-order valence-electron chi connectivity index (χ3n) is 9.06. The third-order valence-corrected chi connectivity index (χ3v) is 9.06. The van der Waals surface area contributed by atoms with Crippen molar-refractivity contribution < 1.29 is 0 Å². The van der Waals surface area contributed by atoms with E-state index in [1.165, 1.54) is 0 Å². The Labute approximate surface area is 268 Å². The minimum atomic E-state index is -0.0125. The van der Waals surface area contributed by atoms with E-state index in [4.69, 9.17) is 15.0 Å². The van der Waals surface area contributed by atoms with Crippen molar-refractivity contribution in [2.24, 2.45) is 10.9 Å². The lowest BCUT2D eigenvalue weighted by molar-refractivity contribution is 0.523. The van der Waals surface area contributed by atoms with Gasteiger partial charge in [-0.2, -0.15) is 0 Å². The lowest BCUT2D eigenvalue weighted by atomic mass is 9.85. The molecule has 1 aliphatic carbocycles. The summed E-state index contributed by atoms with van der Waals surface area (Å²) >= 11 is 0. The van der Waals surface area contributed by atoms with E-state index in [0.717, 1.165) is 80.1 Å². The minimum absolute atomic E-state index is 0.0125. The highest BCUT2D eigenvalue weighted by Crippen LogP contribution is 2.37. The van der Waals surface area contributed by atoms with Gasteiger partial charge in [0.15, 0.2) is 0 Å². The van der Waals surface area contributed by atoms with E-state index in [-0.39, 0.29) is 6.17 Å². The summed E-state index contributed by atoms with van der Waals surface area (Å²) < 4.78 is 2.14. The number of aliphatic imine (C=N–C) groups is 1. The third kappa shape index (κ3) is 4.83. The molecule has 0 spiro atoms. The Morgan fingerprint density at radius 2 is 1.65 bits per heavy atom. The summed E-state index contributed by atoms with van der Waals surface area (Å²) in [4.78, 5) is 21.8. The van der Waals surface area contributed by atoms with E-state index in [1.54, 1.807) is 0 Å². The van der Waals surface area contributed by atoms with Gasteiger partial charge in [-0.3, -0.25) is 14.5 Å². The van der Waals surface area contributed by atoms with Gasteiger partial charge in [-0.25, -0.2) is 9.97 Å². The highest BCUT2D eigenvalue weighted by molar-refractivity contribution is 6.09. The summed E-state index contributed by atoms with van der Waals surface area (Å²) in [6.45, 7) is 4.22. The average Bonchev–Trinajstić information content (AvgIpc) is 3.45. The summed E-state index contributed by atoms with van der Waals surface area (Å²) in [6.07, 6.45) is 18.4. The van der Waals surface area contributed by atoms with E-state index in [0.29, 0.717) is 5.92 Å². The van der Waals surface area contributed by atoms with E-state index >= 15 is 0 Å². The molecule has 0 saturated carbocycles. The van der Waals surface area contributed by atoms with Crippen LogP contribution >= 0.6 is 0 Å². The summed E-state index contributed by atoms with van der Waals surface area (Å²) in [5, 5.41) is 2.27. The molecule has 0 bridgehead atoms. The molecule has 0 amide bonds. The van der Waals surface area contributed by atoms with Crippen LogP contribution in [-0.4, -0.2) is 31.4 Å². The number of aromatic nitrogens is 4. The SMILES string of the molecule is C/C=C\C=C(/C)N(c1ccc(-c2ccc3c(c2)c2cccnc2n3-c2ccccn2)cc1)C1CCC2C=Cc3cccnc3C2=N1. The predicted octanol–water partition coefficient (Wildman–Crippen LogP) is 9.17. The molecule has 8 rings (SSSR count). The number of nitrogens with zero attached hydrogens (tertiary/aromatic N) is 6. The molecule has 6 aromatic rings. The second-order valence-electron chi connectivity index (χ2n) is 11.9. The summed E-state index contributed by atoms with van der Waals surface area (Å²) in [5.41, 5.74) is 9.86. The van der Waals surface area contributed by atoms with E-state index in [9.17, 15) is 0 Å². The number of pyridine rings is 3. The number of anilines is 1. The van der Waals surface area contributed by atoms with Crippen molar-refractivity contribution in [3.8, 4) is 16.9 Å². The highest BCUT2D eigenvalue weighted by Gasteiger charge is 2.31. The first-order valence-corrected chi connectivity index (χ1v) is 15.9. The second-order valence-corrected chi connectivity index (χ2v) is 11.9. The zero-order valence-electron chi connectivity index (χ0n) is 26.0. The fraction of sp³-hybridized carbons (Fsp3) is 0.150. The summed E-state index contributed by atoms with van der Waals surface area (Å²) in [6, 6.07) is 29.8. The molecule has 0 radical (unpaired) electrons. The van der Waals surface area contributed by atoms with Crippen LogP contribution in [0.15, 0.2) is 139 Å². The van der Waals surface area contributed by atoms with Crippen LogP contribution in [0.25, 0.3) is 45.0 Å². The topological polar surface area (TPSA) is 59.2 Å². The minimum Gasteiger partial charge on any atom is -0.323 e. The van der Waals surface area contributed by atoms with Gasteiger partial charge in [0.05, 0.1) is 16.9 Å². The Morgan fingerprint density at radius 1 is 0.826 bits per heavy atom. The van der Waals surface area contributed by atoms with E-state index in [1.807, 2.05) is 55.8 Å². The maximum atomic E-state index is 5.37. The van der Waals surface area contributed by atoms with Crippen molar-refractivity contribution in [1.29, 1.82) is 0 Å². The molecule has 6 heteroatoms. The Kier molecular flexibility index (Phi) is 7.10. The van der Waals surface area contributed by atoms with Crippen molar-refractivity contribution in [2.75, 3.05) is 4.90 Å². The average molecular weight is 599 g/mol. The standard InChI is InChI=1S/C40H34N6/c1-3-4-9-27(2)45(37-22-18-30-14-13-29-10-7-24-42-38(29)39(30)44-37)32-19-15-28(16-20-32)31-17-21-35-34(26-31)33-11-8-25-43-40(33)46(35)36-12-5-6-23-41-36/h3-17,19-21,23-26,30,37H,18,22H2,1-2H3/b4-3-,27-9+. The fourth-order valence-corrected chi connectivity index (χ4v) is 6.87. The van der Waals surface area contributed by atoms with Crippen molar-refractivity contribution in [3.05, 3.63) is 145 Å². The fourth-order valence-electron chi connectivity index (χ4n) is 6.87. The predicted molar refractivity (Wildman–Crippen MR) is 189 cm³/mol. The van der Waals surface area contributed by atoms with Gasteiger partial charge in [-0.15, -0.1) is 0 Å². The summed E-state index contributed by atoms with van der Waals surface area (Å²) in [5.74, 6) is 1.18. The van der Waals surface area contributed by atoms with Crippen LogP contribution in [0.5, 0.6) is 0 Å². The molecule has 46 heavy (non-hydrogen) atoms. The molecular formula is C40H34N6. The van der Waals surface area contributed by atoms with Crippen LogP contribution < -0.4 is 4.90 Å². The van der Waals surface area contributed by atoms with Crippen molar-refractivity contribution >= 4 is 39.4 Å². The molecule has 224 valence electrons. The molecule has 2 atom stereocenters. The first-order chi connectivity index (χ1) is 22.7. The smallest absolute Gasteiger partial charge is 0.146 e. The van der Waals surface area contributed by atoms with Crippen LogP contribution in [0.1, 0.15) is 37.9 Å². The normalized spacial score (nSPS) is 17.7. The molecule has 6 nitrogen and oxygen atoms in total. The van der Waals surface area contributed by atoms with E-state index in [2.05, 4.69) is 106 Å². The first kappa shape index (κ1) is 27.9. The number of hydrogen-bond donors (Lipinski definition) is 0. The molecule has 0 saturated heterocycles. The van der Waals surface area contributed by atoms with Gasteiger partial charge >= 0.3 is 0 Å². The Balaban J connectivity index is 1.18. The highest BCUT2D eigenvalue weighted by atomic mass is 15.3. The van der Waals surface area contributed by atoms with Crippen LogP contribution in [0, 0.1) is 5.92 Å². The largest absolute Gasteiger partial charge is 0.323 e. The molecule has 2 aromatic carbocycles. The van der Waals surface area contributed by atoms with Crippen molar-refractivity contribution in [3.63, 3.8) is 0 Å². The number of allylic oxidation sites excluding steroid dienone is 5. The monoisotopic (exact) mass is 598 g/mol. The lowest BCUT2D eigenvalue weighted by Crippen LogP contribution is -2.38. The number of hydrogen-bond acceptors (Lipinski definition) is 5. The number of benzene rings is 2. The van der Waals surface area contributed by atoms with Crippen molar-refractivity contribution in [2.45, 2.75) is 32.9 Å². The maximum absolute atomic E-state index is 5.37. The maximum Gasteiger partial charge on any atom is 0.146 e. The second kappa shape index (κ2) is 11.7. The molecule has 4 aromatic heterocycles. The van der Waals surface area contributed by atoms with Crippen LogP contribution in [0.3, 0.4) is 0 Å². The molecule has 2 aliphatic rings. The number of fused-ring (bicyclic) bond motifs is 6.